The molecule has 0 aromatic rings. The molecule has 0 saturated heterocycles. The summed E-state index contributed by atoms with van der Waals surface area (Å²) < 4.78 is 0. The number of carbonyl (C=O) groups excluding carboxylic acids is 2. The second kappa shape index (κ2) is 14.6. The van der Waals surface area contributed by atoms with Gasteiger partial charge in [0.2, 0.25) is 0 Å². The molecule has 142 valence electrons. The molecule has 0 bridgehead atoms. The van der Waals surface area contributed by atoms with Crippen LogP contribution in [0.15, 0.2) is 24.3 Å². The van der Waals surface area contributed by atoms with Crippen molar-refractivity contribution in [3.8, 4) is 0 Å². The number of allylic oxidation sites excluding steroid dienone is 3. The Hall–Kier alpha value is -1.75. The van der Waals surface area contributed by atoms with E-state index in [1.165, 1.54) is 6.92 Å². The predicted molar refractivity (Wildman–Crippen MR) is 98.3 cm³/mol. The summed E-state index contributed by atoms with van der Waals surface area (Å²) in [5.41, 5.74) is 0. The number of Topliss-reactive ketones (excluding diaryl/α,β-unsaturated/α-hetero) is 1. The summed E-state index contributed by atoms with van der Waals surface area (Å²) in [6.45, 7) is 3.56. The van der Waals surface area contributed by atoms with Crippen LogP contribution in [0.3, 0.4) is 0 Å². The zero-order valence-electron chi connectivity index (χ0n) is 15.4. The number of ketones is 1. The van der Waals surface area contributed by atoms with Crippen molar-refractivity contribution < 1.29 is 24.6 Å². The average Bonchev–Trinajstić information content (AvgIpc) is 2.55. The maximum absolute atomic E-state index is 11.8. The van der Waals surface area contributed by atoms with Gasteiger partial charge < -0.3 is 15.0 Å². The van der Waals surface area contributed by atoms with Gasteiger partial charge in [0.15, 0.2) is 0 Å². The monoisotopic (exact) mass is 352 g/mol. The number of hydrogen-bond donors (Lipinski definition) is 2. The van der Waals surface area contributed by atoms with Gasteiger partial charge in [-0.3, -0.25) is 9.59 Å². The van der Waals surface area contributed by atoms with Crippen LogP contribution < -0.4 is 0 Å². The van der Waals surface area contributed by atoms with E-state index in [0.29, 0.717) is 25.7 Å². The highest BCUT2D eigenvalue weighted by molar-refractivity contribution is 5.82. The van der Waals surface area contributed by atoms with Crippen LogP contribution in [0.1, 0.15) is 65.2 Å². The van der Waals surface area contributed by atoms with Crippen LogP contribution in [-0.4, -0.2) is 34.4 Å². The lowest BCUT2D eigenvalue weighted by molar-refractivity contribution is -0.137. The average molecular weight is 352 g/mol. The molecule has 0 spiro atoms. The maximum Gasteiger partial charge on any atom is 0.303 e. The van der Waals surface area contributed by atoms with Crippen LogP contribution in [0.2, 0.25) is 0 Å². The van der Waals surface area contributed by atoms with Crippen molar-refractivity contribution in [1.29, 1.82) is 0 Å². The van der Waals surface area contributed by atoms with Crippen LogP contribution in [-0.2, 0) is 14.4 Å². The lowest BCUT2D eigenvalue weighted by Gasteiger charge is -2.16. The summed E-state index contributed by atoms with van der Waals surface area (Å²) in [7, 11) is 0. The minimum absolute atomic E-state index is 0.0718. The predicted octanol–water partition coefficient (Wildman–Crippen LogP) is 3.71. The van der Waals surface area contributed by atoms with Crippen molar-refractivity contribution in [2.75, 3.05) is 0 Å². The Morgan fingerprint density at radius 3 is 2.36 bits per heavy atom. The second-order valence-corrected chi connectivity index (χ2v) is 6.37. The molecule has 0 aliphatic heterocycles. The summed E-state index contributed by atoms with van der Waals surface area (Å²) in [5.74, 6) is -1.90. The number of rotatable bonds is 15. The van der Waals surface area contributed by atoms with Crippen LogP contribution >= 0.6 is 0 Å². The van der Waals surface area contributed by atoms with Crippen LogP contribution in [0, 0.1) is 11.8 Å². The normalized spacial score (nSPS) is 15.3. The van der Waals surface area contributed by atoms with Gasteiger partial charge in [0.05, 0.1) is 6.10 Å². The van der Waals surface area contributed by atoms with Crippen molar-refractivity contribution in [3.05, 3.63) is 24.3 Å². The Bertz CT molecular complexity index is 453. The van der Waals surface area contributed by atoms with E-state index in [1.807, 2.05) is 12.2 Å². The molecule has 3 atom stereocenters. The number of carbonyl (C=O) groups is 3. The lowest BCUT2D eigenvalue weighted by atomic mass is 9.86. The minimum atomic E-state index is -0.821. The quantitative estimate of drug-likeness (QED) is 0.266. The standard InChI is InChI=1S/C20H32O5/c1-3-4-7-10-18(23)14-13-17(15-21)19(16(2)22)11-8-5-6-9-12-20(24)25/h5,8,13-15,17-19,23H,3-4,6-7,9-12H2,1-2H3,(H,24,25)/t17-,18-,19-/m0/s1. The molecule has 0 aromatic carbocycles. The van der Waals surface area contributed by atoms with E-state index in [4.69, 9.17) is 5.11 Å². The molecular weight excluding hydrogens is 320 g/mol. The highest BCUT2D eigenvalue weighted by Crippen LogP contribution is 2.19. The number of aliphatic carboxylic acids is 1. The molecule has 5 nitrogen and oxygen atoms in total. The van der Waals surface area contributed by atoms with Gasteiger partial charge in [-0.1, -0.05) is 50.5 Å². The molecule has 0 unspecified atom stereocenters. The third-order valence-corrected chi connectivity index (χ3v) is 4.12. The smallest absolute Gasteiger partial charge is 0.303 e. The summed E-state index contributed by atoms with van der Waals surface area (Å²) in [5, 5.41) is 18.5. The number of hydrogen-bond acceptors (Lipinski definition) is 4. The molecule has 0 amide bonds. The zero-order chi connectivity index (χ0) is 19.1. The van der Waals surface area contributed by atoms with E-state index in [1.54, 1.807) is 12.2 Å². The fourth-order valence-electron chi connectivity index (χ4n) is 2.56. The number of carboxylic acid groups (broad SMARTS) is 1. The van der Waals surface area contributed by atoms with E-state index in [9.17, 15) is 19.5 Å². The van der Waals surface area contributed by atoms with Gasteiger partial charge in [-0.05, 0) is 32.6 Å². The number of aliphatic hydroxyl groups excluding tert-OH is 1. The number of aldehydes is 1. The molecule has 0 aliphatic carbocycles. The van der Waals surface area contributed by atoms with Gasteiger partial charge in [0, 0.05) is 18.3 Å². The fraction of sp³-hybridized carbons (Fsp3) is 0.650. The molecule has 0 rings (SSSR count). The zero-order valence-corrected chi connectivity index (χ0v) is 15.4. The van der Waals surface area contributed by atoms with Gasteiger partial charge in [0.1, 0.15) is 12.1 Å². The molecule has 0 radical (unpaired) electrons. The van der Waals surface area contributed by atoms with E-state index in [2.05, 4.69) is 6.92 Å². The first-order chi connectivity index (χ1) is 11.9. The SMILES string of the molecule is CCCCC[C@H](O)C=C[C@@H](C=O)[C@@H](CC=CCCCC(=O)O)C(C)=O. The van der Waals surface area contributed by atoms with Crippen molar-refractivity contribution >= 4 is 18.0 Å². The van der Waals surface area contributed by atoms with E-state index in [-0.39, 0.29) is 12.2 Å². The van der Waals surface area contributed by atoms with E-state index < -0.39 is 23.9 Å². The summed E-state index contributed by atoms with van der Waals surface area (Å²) in [6.07, 6.45) is 12.6. The minimum Gasteiger partial charge on any atom is -0.481 e. The first-order valence-corrected chi connectivity index (χ1v) is 9.11. The van der Waals surface area contributed by atoms with Gasteiger partial charge >= 0.3 is 5.97 Å². The summed E-state index contributed by atoms with van der Waals surface area (Å²) in [4.78, 5) is 33.6. The van der Waals surface area contributed by atoms with Crippen molar-refractivity contribution in [3.63, 3.8) is 0 Å². The Kier molecular flexibility index (Phi) is 13.6. The van der Waals surface area contributed by atoms with Gasteiger partial charge in [-0.25, -0.2) is 0 Å². The van der Waals surface area contributed by atoms with Crippen LogP contribution in [0.25, 0.3) is 0 Å². The lowest BCUT2D eigenvalue weighted by Crippen LogP contribution is -2.21. The number of unbranched alkanes of at least 4 members (excludes halogenated alkanes) is 3. The molecule has 0 fully saturated rings. The van der Waals surface area contributed by atoms with Gasteiger partial charge in [-0.15, -0.1) is 0 Å². The summed E-state index contributed by atoms with van der Waals surface area (Å²) >= 11 is 0. The summed E-state index contributed by atoms with van der Waals surface area (Å²) in [6, 6.07) is 0. The molecule has 0 aliphatic rings. The Balaban J connectivity index is 4.53. The maximum atomic E-state index is 11.8. The third-order valence-electron chi connectivity index (χ3n) is 4.12. The molecule has 2 N–H and O–H groups in total. The highest BCUT2D eigenvalue weighted by Gasteiger charge is 2.22. The van der Waals surface area contributed by atoms with E-state index in [0.717, 1.165) is 25.5 Å². The number of aliphatic hydroxyl groups is 1. The first-order valence-electron chi connectivity index (χ1n) is 9.11. The van der Waals surface area contributed by atoms with Crippen molar-refractivity contribution in [2.24, 2.45) is 11.8 Å². The molecule has 0 aromatic heterocycles. The number of carboxylic acids is 1. The second-order valence-electron chi connectivity index (χ2n) is 6.37. The fourth-order valence-corrected chi connectivity index (χ4v) is 2.56. The van der Waals surface area contributed by atoms with Crippen LogP contribution in [0.5, 0.6) is 0 Å². The van der Waals surface area contributed by atoms with Gasteiger partial charge in [-0.2, -0.15) is 0 Å². The molecule has 0 heterocycles. The Morgan fingerprint density at radius 1 is 1.08 bits per heavy atom. The topological polar surface area (TPSA) is 91.7 Å². The molecule has 25 heavy (non-hydrogen) atoms. The molecule has 5 heteroatoms. The molecule has 0 saturated carbocycles. The van der Waals surface area contributed by atoms with Crippen LogP contribution in [0.4, 0.5) is 0 Å². The highest BCUT2D eigenvalue weighted by atomic mass is 16.4. The van der Waals surface area contributed by atoms with E-state index >= 15 is 0 Å². The van der Waals surface area contributed by atoms with Gasteiger partial charge in [0.25, 0.3) is 0 Å². The van der Waals surface area contributed by atoms with Crippen molar-refractivity contribution in [1.82, 2.24) is 0 Å². The third kappa shape index (κ3) is 12.3. The Morgan fingerprint density at radius 2 is 1.80 bits per heavy atom. The first kappa shape index (κ1) is 23.2. The molecular formula is C20H32O5. The largest absolute Gasteiger partial charge is 0.481 e. The Labute approximate surface area is 150 Å². The van der Waals surface area contributed by atoms with Crippen molar-refractivity contribution in [2.45, 2.75) is 71.3 Å².